The van der Waals surface area contributed by atoms with Crippen molar-refractivity contribution < 1.29 is 38.0 Å². The van der Waals surface area contributed by atoms with Crippen LogP contribution in [0.4, 0.5) is 0 Å². The van der Waals surface area contributed by atoms with Crippen LogP contribution in [0.2, 0.25) is 0 Å². The number of nitrogens with one attached hydrogen (secondary N) is 1. The molecule has 0 aromatic heterocycles. The Morgan fingerprint density at radius 1 is 0.576 bits per heavy atom. The Labute approximate surface area is 365 Å². The summed E-state index contributed by atoms with van der Waals surface area (Å²) >= 11 is 0. The van der Waals surface area contributed by atoms with E-state index in [0.717, 1.165) is 38.5 Å². The lowest BCUT2D eigenvalue weighted by Crippen LogP contribution is -2.49. The molecule has 0 spiro atoms. The van der Waals surface area contributed by atoms with Gasteiger partial charge in [-0.05, 0) is 19.3 Å². The molecule has 0 rings (SSSR count). The molecule has 0 aliphatic heterocycles. The fraction of sp³-hybridized carbons (Fsp3) is 0.939. The fourth-order valence-corrected chi connectivity index (χ4v) is 8.26. The Kier molecular flexibility index (Phi) is 40.7. The molecule has 352 valence electrons. The molecule has 0 aromatic carbocycles. The van der Waals surface area contributed by atoms with Crippen molar-refractivity contribution in [2.75, 3.05) is 40.9 Å². The molecule has 0 bridgehead atoms. The van der Waals surface area contributed by atoms with Gasteiger partial charge in [0.15, 0.2) is 0 Å². The first-order chi connectivity index (χ1) is 28.4. The first-order valence-electron chi connectivity index (χ1n) is 25.2. The molecule has 0 saturated heterocycles. The van der Waals surface area contributed by atoms with Crippen LogP contribution in [0.5, 0.6) is 0 Å². The largest absolute Gasteiger partial charge is 0.472 e. The maximum atomic E-state index is 13.0. The van der Waals surface area contributed by atoms with E-state index < -0.39 is 38.6 Å². The summed E-state index contributed by atoms with van der Waals surface area (Å²) in [5.74, 6) is -0.612. The van der Waals surface area contributed by atoms with Crippen molar-refractivity contribution in [2.24, 2.45) is 0 Å². The van der Waals surface area contributed by atoms with Crippen LogP contribution in [0.15, 0.2) is 12.2 Å². The van der Waals surface area contributed by atoms with E-state index in [1.807, 2.05) is 27.2 Å². The van der Waals surface area contributed by atoms with Gasteiger partial charge in [0.05, 0.1) is 39.9 Å². The van der Waals surface area contributed by atoms with E-state index in [-0.39, 0.29) is 6.61 Å². The monoisotopic (exact) mass is 860 g/mol. The van der Waals surface area contributed by atoms with Gasteiger partial charge in [0.25, 0.3) is 0 Å². The molecule has 59 heavy (non-hydrogen) atoms. The molecule has 4 N–H and O–H groups in total. The predicted molar refractivity (Wildman–Crippen MR) is 251 cm³/mol. The number of amides is 1. The Hall–Kier alpha value is -0.800. The number of nitrogens with zero attached hydrogens (tertiary/aromatic N) is 1. The van der Waals surface area contributed by atoms with Gasteiger partial charge in [0.1, 0.15) is 19.3 Å². The lowest BCUT2D eigenvalue weighted by atomic mass is 10.0. The first-order valence-corrected chi connectivity index (χ1v) is 26.7. The van der Waals surface area contributed by atoms with Crippen molar-refractivity contribution >= 4 is 13.7 Å². The van der Waals surface area contributed by atoms with Crippen LogP contribution in [-0.4, -0.2) is 84.6 Å². The third-order valence-corrected chi connectivity index (χ3v) is 12.6. The van der Waals surface area contributed by atoms with Crippen molar-refractivity contribution in [2.45, 2.75) is 257 Å². The van der Waals surface area contributed by atoms with E-state index in [2.05, 4.69) is 19.2 Å². The van der Waals surface area contributed by atoms with Gasteiger partial charge in [-0.25, -0.2) is 4.57 Å². The summed E-state index contributed by atoms with van der Waals surface area (Å²) in [7, 11) is 1.44. The van der Waals surface area contributed by atoms with Crippen LogP contribution in [-0.2, 0) is 18.4 Å². The molecule has 1 amide bonds. The number of phosphoric ester groups is 1. The maximum Gasteiger partial charge on any atom is 0.472 e. The van der Waals surface area contributed by atoms with Gasteiger partial charge in [-0.3, -0.25) is 13.8 Å². The average molecular weight is 860 g/mol. The third-order valence-electron chi connectivity index (χ3n) is 11.6. The summed E-state index contributed by atoms with van der Waals surface area (Å²) in [4.78, 5) is 23.3. The number of quaternary nitrogens is 1. The minimum atomic E-state index is -4.41. The number of unbranched alkanes of at least 4 members (excludes halogenated alkanes) is 32. The molecule has 0 aromatic rings. The Bertz CT molecular complexity index is 992. The SMILES string of the molecule is CCCCCCCCCCCCC/C=C/[C@@H](O)[C@H](COP(=O)(O)OCC[N+](C)(C)C)NC(=O)C(O)CCCCCCCCCCCCCCCCCCCCCCCC. The van der Waals surface area contributed by atoms with E-state index in [9.17, 15) is 24.5 Å². The number of aliphatic hydroxyl groups excluding tert-OH is 2. The van der Waals surface area contributed by atoms with Gasteiger partial charge in [-0.15, -0.1) is 0 Å². The highest BCUT2D eigenvalue weighted by Crippen LogP contribution is 2.43. The summed E-state index contributed by atoms with van der Waals surface area (Å²) in [5, 5.41) is 24.3. The van der Waals surface area contributed by atoms with Gasteiger partial charge in [-0.1, -0.05) is 231 Å². The van der Waals surface area contributed by atoms with Crippen LogP contribution in [0.1, 0.15) is 239 Å². The molecule has 0 heterocycles. The number of carbonyl (C=O) groups excluding carboxylic acids is 1. The summed E-state index contributed by atoms with van der Waals surface area (Å²) < 4.78 is 23.5. The number of rotatable bonds is 46. The van der Waals surface area contributed by atoms with Gasteiger partial charge < -0.3 is 24.9 Å². The van der Waals surface area contributed by atoms with Gasteiger partial charge in [0, 0.05) is 0 Å². The quantitative estimate of drug-likeness (QED) is 0.0208. The molecular formula is C49H100N2O7P+. The molecule has 9 nitrogen and oxygen atoms in total. The second kappa shape index (κ2) is 41.2. The smallest absolute Gasteiger partial charge is 0.387 e. The summed E-state index contributed by atoms with van der Waals surface area (Å²) in [6.45, 7) is 4.63. The summed E-state index contributed by atoms with van der Waals surface area (Å²) in [6, 6.07) is -1.02. The summed E-state index contributed by atoms with van der Waals surface area (Å²) in [5.41, 5.74) is 0. The lowest BCUT2D eigenvalue weighted by Gasteiger charge is -2.26. The number of phosphoric acid groups is 1. The molecule has 2 unspecified atom stereocenters. The predicted octanol–water partition coefficient (Wildman–Crippen LogP) is 13.3. The van der Waals surface area contributed by atoms with Crippen molar-refractivity contribution in [1.82, 2.24) is 5.32 Å². The maximum absolute atomic E-state index is 13.0. The van der Waals surface area contributed by atoms with Crippen LogP contribution in [0.3, 0.4) is 0 Å². The van der Waals surface area contributed by atoms with E-state index >= 15 is 0 Å². The number of aliphatic hydroxyl groups is 2. The molecule has 0 aliphatic rings. The van der Waals surface area contributed by atoms with Crippen molar-refractivity contribution in [3.63, 3.8) is 0 Å². The number of likely N-dealkylation sites (N-methyl/N-ethyl adjacent to an activating group) is 1. The topological polar surface area (TPSA) is 125 Å². The van der Waals surface area contributed by atoms with E-state index in [1.165, 1.54) is 180 Å². The van der Waals surface area contributed by atoms with Gasteiger partial charge in [-0.2, -0.15) is 0 Å². The number of carbonyl (C=O) groups is 1. The number of hydrogen-bond acceptors (Lipinski definition) is 6. The highest BCUT2D eigenvalue weighted by molar-refractivity contribution is 7.47. The Morgan fingerprint density at radius 2 is 0.932 bits per heavy atom. The molecule has 0 aliphatic carbocycles. The lowest BCUT2D eigenvalue weighted by molar-refractivity contribution is -0.870. The molecule has 4 atom stereocenters. The first kappa shape index (κ1) is 58.2. The average Bonchev–Trinajstić information content (AvgIpc) is 3.19. The zero-order chi connectivity index (χ0) is 43.7. The second-order valence-corrected chi connectivity index (χ2v) is 20.2. The normalized spacial score (nSPS) is 14.8. The standard InChI is InChI=1S/C49H99N2O7P/c1-6-8-10-12-14-16-18-20-21-22-23-24-25-26-27-28-30-32-34-36-38-40-42-48(53)49(54)50-46(45-58-59(55,56)57-44-43-51(3,4)5)47(52)41-39-37-35-33-31-29-19-17-15-13-11-9-7-2/h39,41,46-48,52-53H,6-38,40,42-45H2,1-5H3,(H-,50,54,55,56)/p+1/b41-39+/t46-,47+,48?/m0/s1. The van der Waals surface area contributed by atoms with E-state index in [4.69, 9.17) is 9.05 Å². The van der Waals surface area contributed by atoms with Crippen molar-refractivity contribution in [1.29, 1.82) is 0 Å². The van der Waals surface area contributed by atoms with Crippen molar-refractivity contribution in [3.8, 4) is 0 Å². The number of allylic oxidation sites excluding steroid dienone is 1. The van der Waals surface area contributed by atoms with Gasteiger partial charge in [0.2, 0.25) is 5.91 Å². The molecule has 10 heteroatoms. The van der Waals surface area contributed by atoms with Crippen LogP contribution >= 0.6 is 7.82 Å². The van der Waals surface area contributed by atoms with Crippen LogP contribution < -0.4 is 5.32 Å². The molecule has 0 saturated carbocycles. The minimum Gasteiger partial charge on any atom is -0.387 e. The highest BCUT2D eigenvalue weighted by atomic mass is 31.2. The zero-order valence-corrected chi connectivity index (χ0v) is 40.5. The van der Waals surface area contributed by atoms with E-state index in [0.29, 0.717) is 17.4 Å². The second-order valence-electron chi connectivity index (χ2n) is 18.7. The zero-order valence-electron chi connectivity index (χ0n) is 39.6. The summed E-state index contributed by atoms with van der Waals surface area (Å²) in [6.07, 6.45) is 45.0. The van der Waals surface area contributed by atoms with E-state index in [1.54, 1.807) is 6.08 Å². The van der Waals surface area contributed by atoms with Crippen LogP contribution in [0.25, 0.3) is 0 Å². The number of hydrogen-bond donors (Lipinski definition) is 4. The van der Waals surface area contributed by atoms with Crippen molar-refractivity contribution in [3.05, 3.63) is 12.2 Å². The molecular weight excluding hydrogens is 760 g/mol. The third kappa shape index (κ3) is 42.3. The van der Waals surface area contributed by atoms with Gasteiger partial charge >= 0.3 is 7.82 Å². The Morgan fingerprint density at radius 3 is 1.31 bits per heavy atom. The van der Waals surface area contributed by atoms with Crippen LogP contribution in [0, 0.1) is 0 Å². The highest BCUT2D eigenvalue weighted by Gasteiger charge is 2.29. The minimum absolute atomic E-state index is 0.0218. The Balaban J connectivity index is 4.32. The molecule has 0 radical (unpaired) electrons. The fourth-order valence-electron chi connectivity index (χ4n) is 7.52. The molecule has 0 fully saturated rings.